The lowest BCUT2D eigenvalue weighted by atomic mass is 10.2. The molecule has 80 valence electrons. The topological polar surface area (TPSA) is 9.23 Å². The van der Waals surface area contributed by atoms with Crippen molar-refractivity contribution in [1.29, 1.82) is 0 Å². The predicted molar refractivity (Wildman–Crippen MR) is 67.4 cm³/mol. The SMILES string of the molecule is C[Si](C)(C)CCOC#Cc1ccccc1. The molecule has 15 heavy (non-hydrogen) atoms. The molecule has 0 spiro atoms. The van der Waals surface area contributed by atoms with Gasteiger partial charge in [-0.2, -0.15) is 0 Å². The Labute approximate surface area is 93.5 Å². The fourth-order valence-corrected chi connectivity index (χ4v) is 1.74. The molecule has 1 rings (SSSR count). The van der Waals surface area contributed by atoms with Crippen LogP contribution >= 0.6 is 0 Å². The fourth-order valence-electron chi connectivity index (χ4n) is 1.02. The van der Waals surface area contributed by atoms with E-state index < -0.39 is 8.07 Å². The maximum Gasteiger partial charge on any atom is 0.115 e. The van der Waals surface area contributed by atoms with Crippen LogP contribution in [0, 0.1) is 12.0 Å². The van der Waals surface area contributed by atoms with Gasteiger partial charge in [-0.15, -0.1) is 0 Å². The quantitative estimate of drug-likeness (QED) is 0.429. The fraction of sp³-hybridized carbons (Fsp3) is 0.385. The maximum absolute atomic E-state index is 5.29. The van der Waals surface area contributed by atoms with E-state index >= 15 is 0 Å². The lowest BCUT2D eigenvalue weighted by Crippen LogP contribution is -2.21. The summed E-state index contributed by atoms with van der Waals surface area (Å²) in [6, 6.07) is 11.1. The van der Waals surface area contributed by atoms with Crippen LogP contribution in [0.5, 0.6) is 0 Å². The van der Waals surface area contributed by atoms with Crippen molar-refractivity contribution >= 4 is 8.07 Å². The van der Waals surface area contributed by atoms with Crippen LogP contribution in [0.2, 0.25) is 25.7 Å². The van der Waals surface area contributed by atoms with Crippen LogP contribution in [0.1, 0.15) is 5.56 Å². The third-order valence-electron chi connectivity index (χ3n) is 2.00. The van der Waals surface area contributed by atoms with Crippen LogP contribution in [0.15, 0.2) is 30.3 Å². The molecule has 0 aliphatic rings. The summed E-state index contributed by atoms with van der Waals surface area (Å²) in [6.45, 7) is 7.76. The number of hydrogen-bond donors (Lipinski definition) is 0. The van der Waals surface area contributed by atoms with E-state index in [0.717, 1.165) is 18.2 Å². The molecule has 0 aromatic heterocycles. The largest absolute Gasteiger partial charge is 0.447 e. The first-order valence-corrected chi connectivity index (χ1v) is 8.96. The standard InChI is InChI=1S/C13H18OSi/c1-15(2,3)12-11-14-10-9-13-7-5-4-6-8-13/h4-8H,11-12H2,1-3H3. The van der Waals surface area contributed by atoms with Gasteiger partial charge < -0.3 is 4.74 Å². The Morgan fingerprint density at radius 1 is 1.13 bits per heavy atom. The lowest BCUT2D eigenvalue weighted by molar-refractivity contribution is 0.297. The van der Waals surface area contributed by atoms with Crippen molar-refractivity contribution < 1.29 is 4.74 Å². The van der Waals surface area contributed by atoms with Crippen molar-refractivity contribution in [2.45, 2.75) is 25.7 Å². The minimum Gasteiger partial charge on any atom is -0.447 e. The molecule has 1 aromatic rings. The van der Waals surface area contributed by atoms with E-state index in [1.54, 1.807) is 0 Å². The van der Waals surface area contributed by atoms with E-state index in [1.165, 1.54) is 0 Å². The van der Waals surface area contributed by atoms with Crippen LogP contribution in [0.3, 0.4) is 0 Å². The van der Waals surface area contributed by atoms with E-state index in [2.05, 4.69) is 31.7 Å². The molecule has 2 heteroatoms. The molecule has 0 aliphatic carbocycles. The monoisotopic (exact) mass is 218 g/mol. The van der Waals surface area contributed by atoms with Crippen molar-refractivity contribution in [3.05, 3.63) is 35.9 Å². The zero-order chi connectivity index (χ0) is 11.1. The second kappa shape index (κ2) is 5.62. The number of benzene rings is 1. The van der Waals surface area contributed by atoms with Crippen molar-refractivity contribution in [3.63, 3.8) is 0 Å². The van der Waals surface area contributed by atoms with Gasteiger partial charge in [-0.05, 0) is 24.1 Å². The normalized spacial score (nSPS) is 10.3. The molecule has 0 atom stereocenters. The molecule has 1 aromatic carbocycles. The summed E-state index contributed by atoms with van der Waals surface area (Å²) in [5.74, 6) is 2.97. The van der Waals surface area contributed by atoms with Gasteiger partial charge in [0.15, 0.2) is 0 Å². The Morgan fingerprint density at radius 3 is 2.40 bits per heavy atom. The Kier molecular flexibility index (Phi) is 4.45. The third-order valence-corrected chi connectivity index (χ3v) is 3.70. The highest BCUT2D eigenvalue weighted by Gasteiger charge is 2.11. The first-order valence-electron chi connectivity index (χ1n) is 5.26. The van der Waals surface area contributed by atoms with E-state index in [4.69, 9.17) is 4.74 Å². The molecule has 0 amide bonds. The lowest BCUT2D eigenvalue weighted by Gasteiger charge is -2.13. The summed E-state index contributed by atoms with van der Waals surface area (Å²) in [6.07, 6.45) is 2.75. The average molecular weight is 218 g/mol. The second-order valence-corrected chi connectivity index (χ2v) is 10.4. The smallest absolute Gasteiger partial charge is 0.115 e. The predicted octanol–water partition coefficient (Wildman–Crippen LogP) is 3.35. The van der Waals surface area contributed by atoms with E-state index in [9.17, 15) is 0 Å². The van der Waals surface area contributed by atoms with Crippen molar-refractivity contribution in [2.24, 2.45) is 0 Å². The Hall–Kier alpha value is -1.20. The van der Waals surface area contributed by atoms with Gasteiger partial charge in [0.2, 0.25) is 0 Å². The van der Waals surface area contributed by atoms with E-state index in [-0.39, 0.29) is 0 Å². The average Bonchev–Trinajstić information content (AvgIpc) is 2.17. The van der Waals surface area contributed by atoms with Gasteiger partial charge in [-0.3, -0.25) is 0 Å². The molecular weight excluding hydrogens is 200 g/mol. The Morgan fingerprint density at radius 2 is 1.80 bits per heavy atom. The zero-order valence-electron chi connectivity index (χ0n) is 9.71. The van der Waals surface area contributed by atoms with E-state index in [1.807, 2.05) is 30.3 Å². The molecule has 0 saturated heterocycles. The van der Waals surface area contributed by atoms with Gasteiger partial charge in [0.05, 0.1) is 6.61 Å². The number of ether oxygens (including phenoxy) is 1. The summed E-state index contributed by atoms with van der Waals surface area (Å²) in [5.41, 5.74) is 1.01. The molecule has 0 radical (unpaired) electrons. The summed E-state index contributed by atoms with van der Waals surface area (Å²) in [7, 11) is -0.979. The third kappa shape index (κ3) is 5.98. The molecule has 0 aliphatic heterocycles. The molecule has 0 saturated carbocycles. The summed E-state index contributed by atoms with van der Waals surface area (Å²) in [4.78, 5) is 0. The highest BCUT2D eigenvalue weighted by molar-refractivity contribution is 6.76. The first-order chi connectivity index (χ1) is 7.08. The zero-order valence-corrected chi connectivity index (χ0v) is 10.7. The van der Waals surface area contributed by atoms with Gasteiger partial charge >= 0.3 is 0 Å². The minimum atomic E-state index is -0.979. The van der Waals surface area contributed by atoms with Crippen LogP contribution in [-0.4, -0.2) is 14.7 Å². The van der Waals surface area contributed by atoms with E-state index in [0.29, 0.717) is 0 Å². The molecule has 0 heterocycles. The maximum atomic E-state index is 5.29. The van der Waals surface area contributed by atoms with Crippen molar-refractivity contribution in [2.75, 3.05) is 6.61 Å². The van der Waals surface area contributed by atoms with Crippen LogP contribution in [0.4, 0.5) is 0 Å². The van der Waals surface area contributed by atoms with Crippen LogP contribution in [0.25, 0.3) is 0 Å². The van der Waals surface area contributed by atoms with Gasteiger partial charge in [0.25, 0.3) is 0 Å². The Balaban J connectivity index is 2.30. The van der Waals surface area contributed by atoms with Crippen LogP contribution in [-0.2, 0) is 4.74 Å². The van der Waals surface area contributed by atoms with Crippen molar-refractivity contribution in [3.8, 4) is 12.0 Å². The van der Waals surface area contributed by atoms with Gasteiger partial charge in [-0.25, -0.2) is 0 Å². The molecule has 1 nitrogen and oxygen atoms in total. The molecule has 0 unspecified atom stereocenters. The highest BCUT2D eigenvalue weighted by Crippen LogP contribution is 2.07. The van der Waals surface area contributed by atoms with Crippen molar-refractivity contribution in [1.82, 2.24) is 0 Å². The van der Waals surface area contributed by atoms with Gasteiger partial charge in [-0.1, -0.05) is 37.8 Å². The van der Waals surface area contributed by atoms with Crippen LogP contribution < -0.4 is 0 Å². The summed E-state index contributed by atoms with van der Waals surface area (Å²) in [5, 5.41) is 0. The Bertz CT molecular complexity index is 340. The minimum absolute atomic E-state index is 0.759. The highest BCUT2D eigenvalue weighted by atomic mass is 28.3. The number of hydrogen-bond acceptors (Lipinski definition) is 1. The summed E-state index contributed by atoms with van der Waals surface area (Å²) >= 11 is 0. The molecule has 0 bridgehead atoms. The van der Waals surface area contributed by atoms with Gasteiger partial charge in [0.1, 0.15) is 6.11 Å². The second-order valence-electron chi connectivity index (χ2n) is 4.75. The first kappa shape index (κ1) is 11.9. The summed E-state index contributed by atoms with van der Waals surface area (Å²) < 4.78 is 5.29. The van der Waals surface area contributed by atoms with Gasteiger partial charge in [0, 0.05) is 13.6 Å². The molecule has 0 fully saturated rings. The molecular formula is C13H18OSi. The number of rotatable bonds is 3. The molecule has 0 N–H and O–H groups in total.